The molecule has 2 aromatic heterocycles. The molecule has 1 aliphatic rings. The lowest BCUT2D eigenvalue weighted by molar-refractivity contribution is -0.0333. The first kappa shape index (κ1) is 18.9. The molecular formula is C22H28N4O2. The van der Waals surface area contributed by atoms with Crippen molar-refractivity contribution in [2.75, 3.05) is 26.8 Å². The molecule has 0 amide bonds. The third-order valence-electron chi connectivity index (χ3n) is 5.28. The van der Waals surface area contributed by atoms with Crippen molar-refractivity contribution in [1.29, 1.82) is 0 Å². The first-order chi connectivity index (χ1) is 13.7. The molecule has 148 valence electrons. The molecule has 0 aliphatic carbocycles. The largest absolute Gasteiger partial charge is 0.463 e. The Morgan fingerprint density at radius 1 is 1.18 bits per heavy atom. The van der Waals surface area contributed by atoms with Crippen molar-refractivity contribution in [3.05, 3.63) is 53.3 Å². The maximum absolute atomic E-state index is 5.66. The Labute approximate surface area is 165 Å². The van der Waals surface area contributed by atoms with Crippen LogP contribution in [0.1, 0.15) is 36.5 Å². The van der Waals surface area contributed by atoms with E-state index >= 15 is 0 Å². The van der Waals surface area contributed by atoms with E-state index in [1.807, 2.05) is 6.20 Å². The maximum Gasteiger partial charge on any atom is 0.317 e. The summed E-state index contributed by atoms with van der Waals surface area (Å²) in [7, 11) is 1.78. The smallest absolute Gasteiger partial charge is 0.317 e. The Balaban J connectivity index is 1.40. The van der Waals surface area contributed by atoms with Crippen molar-refractivity contribution in [1.82, 2.24) is 19.9 Å². The lowest BCUT2D eigenvalue weighted by atomic mass is 10.0. The van der Waals surface area contributed by atoms with Gasteiger partial charge in [0.05, 0.1) is 29.9 Å². The summed E-state index contributed by atoms with van der Waals surface area (Å²) >= 11 is 0. The number of ether oxygens (including phenoxy) is 2. The van der Waals surface area contributed by atoms with Crippen molar-refractivity contribution in [3.8, 4) is 6.01 Å². The van der Waals surface area contributed by atoms with Gasteiger partial charge in [-0.2, -0.15) is 4.98 Å². The fourth-order valence-electron chi connectivity index (χ4n) is 3.50. The number of nitrogens with zero attached hydrogens (tertiary/aromatic N) is 3. The summed E-state index contributed by atoms with van der Waals surface area (Å²) < 4.78 is 11.0. The number of hydrogen-bond donors (Lipinski definition) is 1. The van der Waals surface area contributed by atoms with E-state index in [1.165, 1.54) is 11.1 Å². The van der Waals surface area contributed by atoms with Crippen LogP contribution in [-0.2, 0) is 17.7 Å². The maximum atomic E-state index is 5.66. The minimum atomic E-state index is 0.402. The predicted octanol–water partition coefficient (Wildman–Crippen LogP) is 3.56. The monoisotopic (exact) mass is 380 g/mol. The second kappa shape index (κ2) is 8.71. The molecular weight excluding hydrogens is 352 g/mol. The summed E-state index contributed by atoms with van der Waals surface area (Å²) in [5.41, 5.74) is 5.66. The van der Waals surface area contributed by atoms with Gasteiger partial charge in [-0.1, -0.05) is 37.6 Å². The highest BCUT2D eigenvalue weighted by Gasteiger charge is 2.25. The Morgan fingerprint density at radius 2 is 1.96 bits per heavy atom. The lowest BCUT2D eigenvalue weighted by Crippen LogP contribution is -2.50. The topological polar surface area (TPSA) is 63.3 Å². The van der Waals surface area contributed by atoms with Gasteiger partial charge in [0.2, 0.25) is 0 Å². The molecule has 1 N–H and O–H groups in total. The third kappa shape index (κ3) is 4.34. The number of fused-ring (bicyclic) bond motifs is 1. The van der Waals surface area contributed by atoms with Crippen molar-refractivity contribution >= 4 is 11.0 Å². The number of H-pyrrole nitrogens is 1. The van der Waals surface area contributed by atoms with Crippen LogP contribution in [0, 0.1) is 0 Å². The zero-order valence-electron chi connectivity index (χ0n) is 16.6. The van der Waals surface area contributed by atoms with Crippen molar-refractivity contribution in [3.63, 3.8) is 0 Å². The molecule has 28 heavy (non-hydrogen) atoms. The molecule has 0 unspecified atom stereocenters. The highest BCUT2D eigenvalue weighted by atomic mass is 16.5. The van der Waals surface area contributed by atoms with Gasteiger partial charge < -0.3 is 14.5 Å². The molecule has 1 aliphatic heterocycles. The fourth-order valence-corrected chi connectivity index (χ4v) is 3.50. The van der Waals surface area contributed by atoms with E-state index in [0.717, 1.165) is 55.5 Å². The van der Waals surface area contributed by atoms with E-state index in [9.17, 15) is 0 Å². The van der Waals surface area contributed by atoms with Gasteiger partial charge in [0.1, 0.15) is 0 Å². The van der Waals surface area contributed by atoms with Crippen LogP contribution in [0.15, 0.2) is 36.7 Å². The molecule has 0 bridgehead atoms. The summed E-state index contributed by atoms with van der Waals surface area (Å²) in [6.07, 6.45) is 7.17. The average Bonchev–Trinajstić information content (AvgIpc) is 3.08. The average molecular weight is 380 g/mol. The van der Waals surface area contributed by atoms with Gasteiger partial charge in [0, 0.05) is 44.9 Å². The molecule has 1 aromatic carbocycles. The molecule has 6 nitrogen and oxygen atoms in total. The van der Waals surface area contributed by atoms with Crippen LogP contribution in [0.25, 0.3) is 11.0 Å². The van der Waals surface area contributed by atoms with Crippen molar-refractivity contribution < 1.29 is 9.47 Å². The van der Waals surface area contributed by atoms with Crippen LogP contribution >= 0.6 is 0 Å². The standard InChI is InChI=1S/C22H28N4O2/c1-3-4-9-28-22-24-12-20-21(25-22)18(11-23-20)10-16-5-7-17(8-6-16)13-26-14-19(15-26)27-2/h5-8,11-12,19,23H,3-4,9-10,13-15H2,1-2H3. The molecule has 4 rings (SSSR count). The lowest BCUT2D eigenvalue weighted by Gasteiger charge is -2.38. The quantitative estimate of drug-likeness (QED) is 0.575. The van der Waals surface area contributed by atoms with E-state index in [1.54, 1.807) is 13.3 Å². The van der Waals surface area contributed by atoms with Crippen molar-refractivity contribution in [2.45, 2.75) is 38.8 Å². The highest BCUT2D eigenvalue weighted by molar-refractivity contribution is 5.78. The molecule has 0 radical (unpaired) electrons. The summed E-state index contributed by atoms with van der Waals surface area (Å²) in [5.74, 6) is 0. The number of rotatable bonds is 9. The predicted molar refractivity (Wildman–Crippen MR) is 110 cm³/mol. The minimum absolute atomic E-state index is 0.402. The van der Waals surface area contributed by atoms with Gasteiger partial charge in [0.15, 0.2) is 0 Å². The number of benzene rings is 1. The van der Waals surface area contributed by atoms with Gasteiger partial charge in [0.25, 0.3) is 0 Å². The van der Waals surface area contributed by atoms with Crippen LogP contribution in [0.5, 0.6) is 6.01 Å². The molecule has 0 spiro atoms. The second-order valence-electron chi connectivity index (χ2n) is 7.48. The Hall–Kier alpha value is -2.44. The molecule has 1 fully saturated rings. The molecule has 3 heterocycles. The summed E-state index contributed by atoms with van der Waals surface area (Å²) in [6, 6.07) is 9.32. The molecule has 6 heteroatoms. The Morgan fingerprint density at radius 3 is 2.71 bits per heavy atom. The van der Waals surface area contributed by atoms with Gasteiger partial charge in [-0.25, -0.2) is 4.98 Å². The van der Waals surface area contributed by atoms with Crippen molar-refractivity contribution in [2.24, 2.45) is 0 Å². The van der Waals surface area contributed by atoms with E-state index < -0.39 is 0 Å². The number of methoxy groups -OCH3 is 1. The van der Waals surface area contributed by atoms with Gasteiger partial charge >= 0.3 is 6.01 Å². The normalized spacial score (nSPS) is 15.1. The molecule has 3 aromatic rings. The number of aromatic amines is 1. The second-order valence-corrected chi connectivity index (χ2v) is 7.48. The first-order valence-corrected chi connectivity index (χ1v) is 10.0. The van der Waals surface area contributed by atoms with Crippen LogP contribution in [0.2, 0.25) is 0 Å². The zero-order chi connectivity index (χ0) is 19.3. The van der Waals surface area contributed by atoms with E-state index in [0.29, 0.717) is 18.7 Å². The van der Waals surface area contributed by atoms with E-state index in [-0.39, 0.29) is 0 Å². The molecule has 1 saturated heterocycles. The zero-order valence-corrected chi connectivity index (χ0v) is 16.6. The number of likely N-dealkylation sites (tertiary alicyclic amines) is 1. The van der Waals surface area contributed by atoms with Crippen LogP contribution in [-0.4, -0.2) is 52.8 Å². The third-order valence-corrected chi connectivity index (χ3v) is 5.28. The highest BCUT2D eigenvalue weighted by Crippen LogP contribution is 2.22. The molecule has 0 atom stereocenters. The van der Waals surface area contributed by atoms with E-state index in [2.05, 4.69) is 51.0 Å². The number of unbranched alkanes of at least 4 members (excludes halogenated alkanes) is 1. The number of nitrogens with one attached hydrogen (secondary N) is 1. The number of aromatic nitrogens is 3. The fraction of sp³-hybridized carbons (Fsp3) is 0.455. The SMILES string of the molecule is CCCCOc1ncc2[nH]cc(Cc3ccc(CN4CC(OC)C4)cc3)c2n1. The first-order valence-electron chi connectivity index (χ1n) is 10.0. The minimum Gasteiger partial charge on any atom is -0.463 e. The number of hydrogen-bond acceptors (Lipinski definition) is 5. The van der Waals surface area contributed by atoms with E-state index in [4.69, 9.17) is 9.47 Å². The van der Waals surface area contributed by atoms with Gasteiger partial charge in [-0.15, -0.1) is 0 Å². The molecule has 0 saturated carbocycles. The summed E-state index contributed by atoms with van der Waals surface area (Å²) in [5, 5.41) is 0. The van der Waals surface area contributed by atoms with Crippen LogP contribution in [0.3, 0.4) is 0 Å². The van der Waals surface area contributed by atoms with Crippen LogP contribution in [0.4, 0.5) is 0 Å². The summed E-state index contributed by atoms with van der Waals surface area (Å²) in [6.45, 7) is 5.83. The Kier molecular flexibility index (Phi) is 5.88. The van der Waals surface area contributed by atoms with Gasteiger partial charge in [-0.05, 0) is 17.5 Å². The van der Waals surface area contributed by atoms with Gasteiger partial charge in [-0.3, -0.25) is 4.90 Å². The summed E-state index contributed by atoms with van der Waals surface area (Å²) in [4.78, 5) is 14.6. The van der Waals surface area contributed by atoms with Crippen LogP contribution < -0.4 is 4.74 Å². The Bertz CT molecular complexity index is 901.